The molecule has 306 valence electrons. The third-order valence-corrected chi connectivity index (χ3v) is 9.81. The second-order valence-electron chi connectivity index (χ2n) is 13.3. The van der Waals surface area contributed by atoms with Gasteiger partial charge in [-0.15, -0.1) is 0 Å². The van der Waals surface area contributed by atoms with Crippen molar-refractivity contribution in [1.29, 1.82) is 0 Å². The molecular weight excluding hydrogens is 760 g/mol. The van der Waals surface area contributed by atoms with Crippen molar-refractivity contribution in [3.05, 3.63) is 64.5 Å². The zero-order valence-electron chi connectivity index (χ0n) is 30.5. The van der Waals surface area contributed by atoms with Crippen LogP contribution in [0.15, 0.2) is 57.9 Å². The van der Waals surface area contributed by atoms with E-state index in [0.717, 1.165) is 0 Å². The van der Waals surface area contributed by atoms with E-state index in [1.807, 2.05) is 0 Å². The number of ketones is 1. The van der Waals surface area contributed by atoms with Gasteiger partial charge in [0, 0.05) is 11.6 Å². The topological polar surface area (TPSA) is 272 Å². The fourth-order valence-electron chi connectivity index (χ4n) is 6.69. The molecule has 10 atom stereocenters. The highest BCUT2D eigenvalue weighted by atomic mass is 16.7. The Balaban J connectivity index is 1.30. The van der Waals surface area contributed by atoms with Crippen molar-refractivity contribution in [3.63, 3.8) is 0 Å². The standard InChI is InChI=1S/C38H40O19/c1-15(41)16-4-6-19(21(8-16)48-2)53-36-32(46)30(44)26(12-40)57-38(36)54-20-7-5-17(9-22(20)55-37-33(47)31(45)29(43)25(11-39)56-37)18-13-50-23-10-24-34(52-14-51-24)35(49-3)27(23)28(18)42/h4-10,13,25-26,29-33,36-40,43-47H,11-12,14H2,1-3H3. The van der Waals surface area contributed by atoms with Crippen molar-refractivity contribution in [2.24, 2.45) is 0 Å². The van der Waals surface area contributed by atoms with Crippen LogP contribution in [0.3, 0.4) is 0 Å². The Morgan fingerprint density at radius 2 is 1.40 bits per heavy atom. The molecule has 0 aliphatic carbocycles. The number of carbonyl (C=O) groups excluding carboxylic acids is 1. The molecule has 19 nitrogen and oxygen atoms in total. The predicted octanol–water partition coefficient (Wildman–Crippen LogP) is -0.147. The predicted molar refractivity (Wildman–Crippen MR) is 191 cm³/mol. The number of aliphatic hydroxyl groups excluding tert-OH is 7. The van der Waals surface area contributed by atoms with E-state index in [1.54, 1.807) is 0 Å². The molecule has 0 saturated carbocycles. The van der Waals surface area contributed by atoms with Crippen molar-refractivity contribution >= 4 is 16.8 Å². The lowest BCUT2D eigenvalue weighted by Gasteiger charge is -2.42. The first-order valence-electron chi connectivity index (χ1n) is 17.6. The van der Waals surface area contributed by atoms with Crippen molar-refractivity contribution < 1.29 is 87.6 Å². The van der Waals surface area contributed by atoms with E-state index in [-0.39, 0.29) is 69.2 Å². The number of rotatable bonds is 12. The first-order chi connectivity index (χ1) is 27.4. The van der Waals surface area contributed by atoms with Crippen LogP contribution in [0.25, 0.3) is 22.1 Å². The van der Waals surface area contributed by atoms with E-state index in [2.05, 4.69) is 0 Å². The highest BCUT2D eigenvalue weighted by Gasteiger charge is 2.49. The Kier molecular flexibility index (Phi) is 11.5. The molecule has 7 N–H and O–H groups in total. The molecule has 1 aromatic heterocycles. The van der Waals surface area contributed by atoms with E-state index in [9.17, 15) is 45.3 Å². The van der Waals surface area contributed by atoms with Crippen LogP contribution in [0.1, 0.15) is 17.3 Å². The van der Waals surface area contributed by atoms with Crippen LogP contribution in [-0.2, 0) is 9.47 Å². The van der Waals surface area contributed by atoms with Gasteiger partial charge in [0.25, 0.3) is 0 Å². The largest absolute Gasteiger partial charge is 0.493 e. The monoisotopic (exact) mass is 800 g/mol. The van der Waals surface area contributed by atoms with Crippen LogP contribution >= 0.6 is 0 Å². The number of Topliss-reactive ketones (excluding diaryl/α,β-unsaturated/α-hetero) is 1. The third kappa shape index (κ3) is 7.40. The lowest BCUT2D eigenvalue weighted by atomic mass is 9.98. The van der Waals surface area contributed by atoms with Gasteiger partial charge in [-0.2, -0.15) is 0 Å². The average Bonchev–Trinajstić information content (AvgIpc) is 3.69. The second-order valence-corrected chi connectivity index (χ2v) is 13.3. The van der Waals surface area contributed by atoms with Gasteiger partial charge in [0.15, 0.2) is 46.4 Å². The minimum Gasteiger partial charge on any atom is -0.493 e. The molecule has 57 heavy (non-hydrogen) atoms. The number of methoxy groups -OCH3 is 2. The Labute approximate surface area is 322 Å². The first kappa shape index (κ1) is 40.0. The van der Waals surface area contributed by atoms with Gasteiger partial charge in [-0.1, -0.05) is 6.07 Å². The van der Waals surface area contributed by atoms with E-state index >= 15 is 0 Å². The van der Waals surface area contributed by atoms with Crippen molar-refractivity contribution in [1.82, 2.24) is 0 Å². The number of benzene rings is 3. The molecular formula is C38H40O19. The molecule has 3 aromatic carbocycles. The summed E-state index contributed by atoms with van der Waals surface area (Å²) in [6, 6.07) is 9.81. The van der Waals surface area contributed by atoms with Gasteiger partial charge >= 0.3 is 0 Å². The number of aliphatic hydroxyl groups is 7. The van der Waals surface area contributed by atoms with Gasteiger partial charge in [0.1, 0.15) is 60.0 Å². The van der Waals surface area contributed by atoms with Crippen molar-refractivity contribution in [2.75, 3.05) is 34.2 Å². The van der Waals surface area contributed by atoms with Gasteiger partial charge in [-0.3, -0.25) is 9.59 Å². The zero-order chi connectivity index (χ0) is 40.7. The van der Waals surface area contributed by atoms with Crippen molar-refractivity contribution in [2.45, 2.75) is 68.3 Å². The number of carbonyl (C=O) groups is 1. The summed E-state index contributed by atoms with van der Waals surface area (Å²) in [6.07, 6.45) is -15.3. The maximum absolute atomic E-state index is 14.1. The molecule has 2 saturated heterocycles. The molecule has 4 heterocycles. The van der Waals surface area contributed by atoms with Crippen LogP contribution in [-0.4, -0.2) is 137 Å². The van der Waals surface area contributed by atoms with Crippen LogP contribution in [0.4, 0.5) is 0 Å². The number of hydrogen-bond acceptors (Lipinski definition) is 19. The molecule has 4 aromatic rings. The summed E-state index contributed by atoms with van der Waals surface area (Å²) in [5.74, 6) is -0.0415. The molecule has 0 spiro atoms. The van der Waals surface area contributed by atoms with E-state index < -0.39 is 80.1 Å². The lowest BCUT2D eigenvalue weighted by molar-refractivity contribution is -0.280. The molecule has 10 unspecified atom stereocenters. The quantitative estimate of drug-likeness (QED) is 0.0918. The Morgan fingerprint density at radius 1 is 0.737 bits per heavy atom. The SMILES string of the molecule is COc1cc(C(C)=O)ccc1OC1C(Oc2ccc(-c3coc4cc5c(c(OC)c4c3=O)OCO5)cc2OC2OC(CO)C(O)C(O)C2O)OC(CO)C(O)C1O. The van der Waals surface area contributed by atoms with Gasteiger partial charge in [-0.05, 0) is 42.8 Å². The minimum atomic E-state index is -1.87. The van der Waals surface area contributed by atoms with E-state index in [0.29, 0.717) is 11.3 Å². The average molecular weight is 801 g/mol. The Morgan fingerprint density at radius 3 is 2.09 bits per heavy atom. The summed E-state index contributed by atoms with van der Waals surface area (Å²) in [6.45, 7) is -0.260. The highest BCUT2D eigenvalue weighted by molar-refractivity contribution is 5.94. The second kappa shape index (κ2) is 16.3. The van der Waals surface area contributed by atoms with Crippen LogP contribution in [0.2, 0.25) is 0 Å². The minimum absolute atomic E-state index is 0.0139. The summed E-state index contributed by atoms with van der Waals surface area (Å²) in [5.41, 5.74) is 0.0205. The first-order valence-corrected chi connectivity index (χ1v) is 17.6. The molecule has 0 amide bonds. The number of ether oxygens (including phenoxy) is 9. The van der Waals surface area contributed by atoms with Gasteiger partial charge in [0.05, 0.1) is 33.0 Å². The van der Waals surface area contributed by atoms with Crippen LogP contribution in [0, 0.1) is 0 Å². The molecule has 0 radical (unpaired) electrons. The fourth-order valence-corrected chi connectivity index (χ4v) is 6.69. The molecule has 3 aliphatic heterocycles. The van der Waals surface area contributed by atoms with Gasteiger partial charge in [0.2, 0.25) is 30.6 Å². The third-order valence-electron chi connectivity index (χ3n) is 9.81. The summed E-state index contributed by atoms with van der Waals surface area (Å²) in [5, 5.41) is 73.7. The molecule has 7 rings (SSSR count). The molecule has 3 aliphatic rings. The molecule has 19 heteroatoms. The van der Waals surface area contributed by atoms with Crippen LogP contribution < -0.4 is 38.6 Å². The Bertz CT molecular complexity index is 2170. The maximum atomic E-state index is 14.1. The van der Waals surface area contributed by atoms with E-state index in [4.69, 9.17) is 47.0 Å². The fraction of sp³-hybridized carbons (Fsp3) is 0.421. The zero-order valence-corrected chi connectivity index (χ0v) is 30.5. The summed E-state index contributed by atoms with van der Waals surface area (Å²) in [7, 11) is 2.68. The molecule has 2 fully saturated rings. The van der Waals surface area contributed by atoms with Gasteiger partial charge in [-0.25, -0.2) is 0 Å². The van der Waals surface area contributed by atoms with Crippen molar-refractivity contribution in [3.8, 4) is 51.4 Å². The summed E-state index contributed by atoms with van der Waals surface area (Å²) in [4.78, 5) is 26.1. The normalized spacial score (nSPS) is 28.2. The van der Waals surface area contributed by atoms with Gasteiger partial charge < -0.3 is 82.8 Å². The number of fused-ring (bicyclic) bond motifs is 2. The maximum Gasteiger partial charge on any atom is 0.240 e. The summed E-state index contributed by atoms with van der Waals surface area (Å²) < 4.78 is 57.5. The highest BCUT2D eigenvalue weighted by Crippen LogP contribution is 2.46. The molecule has 0 bridgehead atoms. The lowest BCUT2D eigenvalue weighted by Crippen LogP contribution is -2.62. The Hall–Kier alpha value is -5.22. The number of hydrogen-bond donors (Lipinski definition) is 7. The van der Waals surface area contributed by atoms with Crippen LogP contribution in [0.5, 0.6) is 40.2 Å². The van der Waals surface area contributed by atoms with E-state index in [1.165, 1.54) is 69.9 Å². The smallest absolute Gasteiger partial charge is 0.240 e. The summed E-state index contributed by atoms with van der Waals surface area (Å²) >= 11 is 0.